The van der Waals surface area contributed by atoms with Gasteiger partial charge in [0.05, 0.1) is 27.9 Å². The smallest absolute Gasteiger partial charge is 0.203 e. The number of phenols is 1. The predicted molar refractivity (Wildman–Crippen MR) is 92.9 cm³/mol. The standard InChI is InChI=1S/C19H24O5/c1-6-24-16-8-7-13(9-15(16)20)12(2)14-10-17(21-3)19(23-5)18(11-14)22-4/h7-12,20H,6H2,1-5H3. The highest BCUT2D eigenvalue weighted by molar-refractivity contribution is 5.56. The molecular formula is C19H24O5. The molecule has 0 aliphatic heterocycles. The van der Waals surface area contributed by atoms with E-state index < -0.39 is 0 Å². The summed E-state index contributed by atoms with van der Waals surface area (Å²) in [7, 11) is 4.76. The molecule has 0 saturated carbocycles. The lowest BCUT2D eigenvalue weighted by molar-refractivity contribution is 0.318. The lowest BCUT2D eigenvalue weighted by Crippen LogP contribution is -2.01. The summed E-state index contributed by atoms with van der Waals surface area (Å²) in [5.74, 6) is 2.42. The number of ether oxygens (including phenoxy) is 4. The summed E-state index contributed by atoms with van der Waals surface area (Å²) in [5, 5.41) is 10.1. The Labute approximate surface area is 142 Å². The molecule has 24 heavy (non-hydrogen) atoms. The molecule has 0 bridgehead atoms. The first kappa shape index (κ1) is 17.8. The van der Waals surface area contributed by atoms with Gasteiger partial charge in [0, 0.05) is 5.92 Å². The topological polar surface area (TPSA) is 57.2 Å². The first-order valence-corrected chi connectivity index (χ1v) is 7.81. The summed E-state index contributed by atoms with van der Waals surface area (Å²) >= 11 is 0. The van der Waals surface area contributed by atoms with Gasteiger partial charge < -0.3 is 24.1 Å². The van der Waals surface area contributed by atoms with Crippen molar-refractivity contribution in [2.24, 2.45) is 0 Å². The lowest BCUT2D eigenvalue weighted by atomic mass is 9.92. The Kier molecular flexibility index (Phi) is 5.79. The zero-order valence-corrected chi connectivity index (χ0v) is 14.8. The van der Waals surface area contributed by atoms with Crippen molar-refractivity contribution in [3.63, 3.8) is 0 Å². The van der Waals surface area contributed by atoms with E-state index in [0.29, 0.717) is 29.6 Å². The molecule has 2 rings (SSSR count). The molecule has 1 atom stereocenters. The van der Waals surface area contributed by atoms with Gasteiger partial charge in [-0.25, -0.2) is 0 Å². The second-order valence-electron chi connectivity index (χ2n) is 5.34. The SMILES string of the molecule is CCOc1ccc(C(C)c2cc(OC)c(OC)c(OC)c2)cc1O. The maximum atomic E-state index is 10.1. The van der Waals surface area contributed by atoms with Crippen molar-refractivity contribution in [3.05, 3.63) is 41.5 Å². The summed E-state index contributed by atoms with van der Waals surface area (Å²) in [5.41, 5.74) is 1.96. The van der Waals surface area contributed by atoms with Crippen LogP contribution in [0.15, 0.2) is 30.3 Å². The van der Waals surface area contributed by atoms with Crippen LogP contribution in [0, 0.1) is 0 Å². The summed E-state index contributed by atoms with van der Waals surface area (Å²) in [4.78, 5) is 0. The van der Waals surface area contributed by atoms with Gasteiger partial charge in [-0.2, -0.15) is 0 Å². The average molecular weight is 332 g/mol. The largest absolute Gasteiger partial charge is 0.504 e. The van der Waals surface area contributed by atoms with E-state index in [1.54, 1.807) is 33.5 Å². The molecule has 2 aromatic carbocycles. The average Bonchev–Trinajstić information content (AvgIpc) is 2.61. The third-order valence-corrected chi connectivity index (χ3v) is 3.97. The van der Waals surface area contributed by atoms with Crippen LogP contribution in [0.1, 0.15) is 30.9 Å². The van der Waals surface area contributed by atoms with Crippen LogP contribution >= 0.6 is 0 Å². The van der Waals surface area contributed by atoms with Gasteiger partial charge in [0.25, 0.3) is 0 Å². The van der Waals surface area contributed by atoms with Gasteiger partial charge >= 0.3 is 0 Å². The summed E-state index contributed by atoms with van der Waals surface area (Å²) < 4.78 is 21.5. The molecule has 0 fully saturated rings. The van der Waals surface area contributed by atoms with Crippen molar-refractivity contribution in [1.82, 2.24) is 0 Å². The molecule has 0 heterocycles. The quantitative estimate of drug-likeness (QED) is 0.831. The molecule has 1 N–H and O–H groups in total. The predicted octanol–water partition coefficient (Wildman–Crippen LogP) is 3.97. The third-order valence-electron chi connectivity index (χ3n) is 3.97. The molecule has 2 aromatic rings. The van der Waals surface area contributed by atoms with Crippen molar-refractivity contribution in [2.45, 2.75) is 19.8 Å². The van der Waals surface area contributed by atoms with Crippen molar-refractivity contribution < 1.29 is 24.1 Å². The van der Waals surface area contributed by atoms with E-state index >= 15 is 0 Å². The first-order valence-electron chi connectivity index (χ1n) is 7.81. The summed E-state index contributed by atoms with van der Waals surface area (Å²) in [6.45, 7) is 4.44. The Balaban J connectivity index is 2.42. The molecule has 0 radical (unpaired) electrons. The molecule has 0 aromatic heterocycles. The van der Waals surface area contributed by atoms with Gasteiger partial charge in [0.2, 0.25) is 5.75 Å². The Morgan fingerprint density at radius 2 is 1.50 bits per heavy atom. The highest BCUT2D eigenvalue weighted by Gasteiger charge is 2.18. The van der Waals surface area contributed by atoms with Crippen LogP contribution in [0.4, 0.5) is 0 Å². The number of benzene rings is 2. The summed E-state index contributed by atoms with van der Waals surface area (Å²) in [6.07, 6.45) is 0. The van der Waals surface area contributed by atoms with E-state index in [2.05, 4.69) is 6.92 Å². The molecule has 0 amide bonds. The van der Waals surface area contributed by atoms with Gasteiger partial charge in [0.1, 0.15) is 0 Å². The van der Waals surface area contributed by atoms with Crippen LogP contribution in [0.2, 0.25) is 0 Å². The van der Waals surface area contributed by atoms with E-state index in [-0.39, 0.29) is 11.7 Å². The highest BCUT2D eigenvalue weighted by atomic mass is 16.5. The van der Waals surface area contributed by atoms with Crippen LogP contribution in [-0.4, -0.2) is 33.0 Å². The Hall–Kier alpha value is -2.56. The van der Waals surface area contributed by atoms with E-state index in [1.807, 2.05) is 25.1 Å². The van der Waals surface area contributed by atoms with E-state index in [0.717, 1.165) is 11.1 Å². The number of methoxy groups -OCH3 is 3. The zero-order chi connectivity index (χ0) is 17.7. The molecule has 0 saturated heterocycles. The van der Waals surface area contributed by atoms with Crippen molar-refractivity contribution in [2.75, 3.05) is 27.9 Å². The fourth-order valence-corrected chi connectivity index (χ4v) is 2.63. The molecular weight excluding hydrogens is 308 g/mol. The van der Waals surface area contributed by atoms with E-state index in [9.17, 15) is 5.11 Å². The second-order valence-corrected chi connectivity index (χ2v) is 5.34. The minimum atomic E-state index is 0.0280. The first-order chi connectivity index (χ1) is 11.5. The minimum Gasteiger partial charge on any atom is -0.504 e. The van der Waals surface area contributed by atoms with Gasteiger partial charge in [-0.1, -0.05) is 13.0 Å². The fourth-order valence-electron chi connectivity index (χ4n) is 2.63. The second kappa shape index (κ2) is 7.81. The van der Waals surface area contributed by atoms with Crippen molar-refractivity contribution in [1.29, 1.82) is 0 Å². The highest BCUT2D eigenvalue weighted by Crippen LogP contribution is 2.42. The van der Waals surface area contributed by atoms with Gasteiger partial charge in [-0.3, -0.25) is 0 Å². The number of rotatable bonds is 7. The maximum absolute atomic E-state index is 10.1. The number of hydrogen-bond donors (Lipinski definition) is 1. The molecule has 0 aliphatic rings. The Bertz CT molecular complexity index is 671. The van der Waals surface area contributed by atoms with Crippen LogP contribution < -0.4 is 18.9 Å². The Morgan fingerprint density at radius 3 is 1.96 bits per heavy atom. The van der Waals surface area contributed by atoms with Crippen LogP contribution in [0.3, 0.4) is 0 Å². The number of hydrogen-bond acceptors (Lipinski definition) is 5. The minimum absolute atomic E-state index is 0.0280. The zero-order valence-electron chi connectivity index (χ0n) is 14.8. The van der Waals surface area contributed by atoms with Crippen molar-refractivity contribution >= 4 is 0 Å². The molecule has 130 valence electrons. The van der Waals surface area contributed by atoms with E-state index in [4.69, 9.17) is 18.9 Å². The molecule has 0 aliphatic carbocycles. The van der Waals surface area contributed by atoms with Gasteiger partial charge in [0.15, 0.2) is 23.0 Å². The number of phenolic OH excluding ortho intramolecular Hbond substituents is 1. The molecule has 5 nitrogen and oxygen atoms in total. The number of aromatic hydroxyl groups is 1. The molecule has 1 unspecified atom stereocenters. The van der Waals surface area contributed by atoms with Gasteiger partial charge in [-0.15, -0.1) is 0 Å². The third kappa shape index (κ3) is 3.50. The van der Waals surface area contributed by atoms with Crippen LogP contribution in [0.5, 0.6) is 28.7 Å². The normalized spacial score (nSPS) is 11.7. The van der Waals surface area contributed by atoms with E-state index in [1.165, 1.54) is 0 Å². The maximum Gasteiger partial charge on any atom is 0.203 e. The molecule has 5 heteroatoms. The van der Waals surface area contributed by atoms with Crippen molar-refractivity contribution in [3.8, 4) is 28.7 Å². The molecule has 0 spiro atoms. The Morgan fingerprint density at radius 1 is 0.875 bits per heavy atom. The van der Waals surface area contributed by atoms with Crippen LogP contribution in [-0.2, 0) is 0 Å². The monoisotopic (exact) mass is 332 g/mol. The summed E-state index contributed by atoms with van der Waals surface area (Å²) in [6, 6.07) is 9.28. The van der Waals surface area contributed by atoms with Crippen LogP contribution in [0.25, 0.3) is 0 Å². The fraction of sp³-hybridized carbons (Fsp3) is 0.368. The van der Waals surface area contributed by atoms with Gasteiger partial charge in [-0.05, 0) is 42.3 Å². The lowest BCUT2D eigenvalue weighted by Gasteiger charge is -2.18.